The Balaban J connectivity index is 1.39. The zero-order chi connectivity index (χ0) is 23.2. The molecule has 1 saturated carbocycles. The minimum Gasteiger partial charge on any atom is -0.454 e. The maximum atomic E-state index is 13.3. The highest BCUT2D eigenvalue weighted by atomic mass is 32.2. The van der Waals surface area contributed by atoms with Crippen molar-refractivity contribution in [1.29, 1.82) is 0 Å². The minimum absolute atomic E-state index is 0.161. The summed E-state index contributed by atoms with van der Waals surface area (Å²) in [5, 5.41) is 0. The van der Waals surface area contributed by atoms with E-state index in [2.05, 4.69) is 9.71 Å². The Morgan fingerprint density at radius 1 is 1.06 bits per heavy atom. The Labute approximate surface area is 192 Å². The maximum absolute atomic E-state index is 13.3. The van der Waals surface area contributed by atoms with Crippen LogP contribution in [0.5, 0.6) is 11.5 Å². The lowest BCUT2D eigenvalue weighted by Gasteiger charge is -2.16. The number of ketones is 1. The van der Waals surface area contributed by atoms with E-state index in [9.17, 15) is 13.2 Å². The number of nitrogens with zero attached hydrogens (tertiary/aromatic N) is 1. The topological polar surface area (TPSA) is 94.6 Å². The van der Waals surface area contributed by atoms with E-state index in [1.54, 1.807) is 30.5 Å². The van der Waals surface area contributed by atoms with E-state index in [-0.39, 0.29) is 23.9 Å². The smallest absolute Gasteiger partial charge is 0.240 e. The zero-order valence-corrected chi connectivity index (χ0v) is 19.2. The molecule has 0 saturated heterocycles. The molecule has 1 fully saturated rings. The van der Waals surface area contributed by atoms with Crippen LogP contribution in [-0.2, 0) is 26.7 Å². The van der Waals surface area contributed by atoms with Gasteiger partial charge in [-0.3, -0.25) is 9.78 Å². The molecule has 0 spiro atoms. The number of carbonyl (C=O) groups excluding carboxylic acids is 1. The van der Waals surface area contributed by atoms with Crippen molar-refractivity contribution >= 4 is 15.8 Å². The molecule has 33 heavy (non-hydrogen) atoms. The maximum Gasteiger partial charge on any atom is 0.240 e. The molecule has 3 aromatic rings. The van der Waals surface area contributed by atoms with Gasteiger partial charge >= 0.3 is 0 Å². The molecule has 0 bridgehead atoms. The van der Waals surface area contributed by atoms with Crippen LogP contribution in [0.25, 0.3) is 11.1 Å². The molecular formula is C25H24N2O5S. The lowest BCUT2D eigenvalue weighted by atomic mass is 9.87. The van der Waals surface area contributed by atoms with E-state index in [0.29, 0.717) is 11.5 Å². The number of hydrogen-bond acceptors (Lipinski definition) is 6. The van der Waals surface area contributed by atoms with Gasteiger partial charge < -0.3 is 9.47 Å². The lowest BCUT2D eigenvalue weighted by molar-refractivity contribution is -0.120. The third-order valence-corrected chi connectivity index (χ3v) is 7.89. The van der Waals surface area contributed by atoms with E-state index in [1.807, 2.05) is 31.2 Å². The first-order valence-corrected chi connectivity index (χ1v) is 12.2. The fourth-order valence-electron chi connectivity index (χ4n) is 4.30. The highest BCUT2D eigenvalue weighted by Gasteiger charge is 2.50. The van der Waals surface area contributed by atoms with Crippen molar-refractivity contribution in [1.82, 2.24) is 9.71 Å². The van der Waals surface area contributed by atoms with Gasteiger partial charge in [-0.2, -0.15) is 0 Å². The van der Waals surface area contributed by atoms with Gasteiger partial charge in [-0.25, -0.2) is 13.1 Å². The summed E-state index contributed by atoms with van der Waals surface area (Å²) >= 11 is 0. The summed E-state index contributed by atoms with van der Waals surface area (Å²) in [5.41, 5.74) is 3.86. The Kier molecular flexibility index (Phi) is 5.22. The van der Waals surface area contributed by atoms with E-state index in [0.717, 1.165) is 40.8 Å². The first-order chi connectivity index (χ1) is 15.8. The van der Waals surface area contributed by atoms with Gasteiger partial charge in [0.25, 0.3) is 0 Å². The molecule has 0 amide bonds. The largest absolute Gasteiger partial charge is 0.454 e. The Hall–Kier alpha value is -3.23. The summed E-state index contributed by atoms with van der Waals surface area (Å²) in [6, 6.07) is 14.4. The number of aryl methyl sites for hydroxylation is 1. The third-order valence-electron chi connectivity index (χ3n) is 6.46. The number of Topliss-reactive ketones (excluding diaryl/α,β-unsaturated/α-hetero) is 1. The van der Waals surface area contributed by atoms with E-state index >= 15 is 0 Å². The molecule has 2 aromatic carbocycles. The predicted octanol–water partition coefficient (Wildman–Crippen LogP) is 3.54. The van der Waals surface area contributed by atoms with E-state index in [4.69, 9.17) is 9.47 Å². The van der Waals surface area contributed by atoms with Crippen molar-refractivity contribution in [2.45, 2.75) is 36.5 Å². The van der Waals surface area contributed by atoms with Crippen LogP contribution < -0.4 is 14.2 Å². The molecule has 1 aliphatic heterocycles. The lowest BCUT2D eigenvalue weighted by Crippen LogP contribution is -2.22. The molecule has 0 unspecified atom stereocenters. The molecule has 170 valence electrons. The second-order valence-electron chi connectivity index (χ2n) is 8.46. The molecule has 1 aliphatic carbocycles. The number of rotatable bonds is 7. The van der Waals surface area contributed by atoms with Gasteiger partial charge in [0, 0.05) is 23.9 Å². The predicted molar refractivity (Wildman–Crippen MR) is 123 cm³/mol. The molecule has 0 atom stereocenters. The van der Waals surface area contributed by atoms with Crippen molar-refractivity contribution in [2.75, 3.05) is 13.8 Å². The quantitative estimate of drug-likeness (QED) is 0.575. The fourth-order valence-corrected chi connectivity index (χ4v) is 5.03. The van der Waals surface area contributed by atoms with Gasteiger partial charge in [-0.15, -0.1) is 0 Å². The van der Waals surface area contributed by atoms with Gasteiger partial charge in [0.1, 0.15) is 5.78 Å². The number of carbonyl (C=O) groups is 1. The third kappa shape index (κ3) is 3.89. The molecule has 7 nitrogen and oxygen atoms in total. The highest BCUT2D eigenvalue weighted by molar-refractivity contribution is 7.89. The van der Waals surface area contributed by atoms with Gasteiger partial charge in [-0.1, -0.05) is 18.2 Å². The van der Waals surface area contributed by atoms with Crippen LogP contribution in [0.1, 0.15) is 29.7 Å². The standard InChI is InChI=1S/C25H24N2O5S/c1-16-21(18-3-6-20(7-4-18)33(29,30)26-2)11-17(14-27-16)12-24(28)25(9-10-25)19-5-8-22-23(13-19)32-15-31-22/h3-8,11,13-14,26H,9-10,12,15H2,1-2H3. The zero-order valence-electron chi connectivity index (χ0n) is 18.4. The van der Waals surface area contributed by atoms with Crippen LogP contribution >= 0.6 is 0 Å². The molecule has 2 aliphatic rings. The molecule has 0 radical (unpaired) electrons. The van der Waals surface area contributed by atoms with Gasteiger partial charge in [-0.05, 0) is 73.8 Å². The molecule has 5 rings (SSSR count). The second kappa shape index (κ2) is 7.97. The molecular weight excluding hydrogens is 440 g/mol. The summed E-state index contributed by atoms with van der Waals surface area (Å²) in [4.78, 5) is 18.0. The first kappa shape index (κ1) is 21.6. The summed E-state index contributed by atoms with van der Waals surface area (Å²) in [6.07, 6.45) is 3.66. The Morgan fingerprint density at radius 3 is 2.48 bits per heavy atom. The van der Waals surface area contributed by atoms with Crippen LogP contribution in [0.3, 0.4) is 0 Å². The Morgan fingerprint density at radius 2 is 1.79 bits per heavy atom. The highest BCUT2D eigenvalue weighted by Crippen LogP contribution is 2.51. The van der Waals surface area contributed by atoms with Crippen LogP contribution in [-0.4, -0.2) is 33.0 Å². The average molecular weight is 465 g/mol. The number of hydrogen-bond donors (Lipinski definition) is 1. The van der Waals surface area contributed by atoms with Crippen molar-refractivity contribution in [3.8, 4) is 22.6 Å². The second-order valence-corrected chi connectivity index (χ2v) is 10.3. The van der Waals surface area contributed by atoms with Crippen molar-refractivity contribution in [3.63, 3.8) is 0 Å². The number of fused-ring (bicyclic) bond motifs is 1. The number of aromatic nitrogens is 1. The van der Waals surface area contributed by atoms with E-state index in [1.165, 1.54) is 7.05 Å². The van der Waals surface area contributed by atoms with Crippen LogP contribution in [0.15, 0.2) is 59.6 Å². The summed E-state index contributed by atoms with van der Waals surface area (Å²) in [5.74, 6) is 1.56. The first-order valence-electron chi connectivity index (χ1n) is 10.8. The van der Waals surface area contributed by atoms with Crippen LogP contribution in [0.4, 0.5) is 0 Å². The van der Waals surface area contributed by atoms with Crippen LogP contribution in [0.2, 0.25) is 0 Å². The fraction of sp³-hybridized carbons (Fsp3) is 0.280. The number of nitrogens with one attached hydrogen (secondary N) is 1. The van der Waals surface area contributed by atoms with Crippen molar-refractivity contribution in [3.05, 3.63) is 71.5 Å². The number of benzene rings is 2. The van der Waals surface area contributed by atoms with Crippen LogP contribution in [0, 0.1) is 6.92 Å². The van der Waals surface area contributed by atoms with Gasteiger partial charge in [0.2, 0.25) is 16.8 Å². The molecule has 8 heteroatoms. The monoisotopic (exact) mass is 464 g/mol. The van der Waals surface area contributed by atoms with Gasteiger partial charge in [0.05, 0.1) is 10.3 Å². The Bertz CT molecular complexity index is 1350. The van der Waals surface area contributed by atoms with Gasteiger partial charge in [0.15, 0.2) is 11.5 Å². The molecule has 1 N–H and O–H groups in total. The van der Waals surface area contributed by atoms with Crippen molar-refractivity contribution in [2.24, 2.45) is 0 Å². The normalized spacial score (nSPS) is 15.9. The average Bonchev–Trinajstić information content (AvgIpc) is 3.51. The SMILES string of the molecule is CNS(=O)(=O)c1ccc(-c2cc(CC(=O)C3(c4ccc5c(c4)OCO5)CC3)cnc2C)cc1. The summed E-state index contributed by atoms with van der Waals surface area (Å²) < 4.78 is 37.2. The van der Waals surface area contributed by atoms with Crippen molar-refractivity contribution < 1.29 is 22.7 Å². The number of ether oxygens (including phenoxy) is 2. The number of pyridine rings is 1. The summed E-state index contributed by atoms with van der Waals surface area (Å²) in [7, 11) is -2.12. The summed E-state index contributed by atoms with van der Waals surface area (Å²) in [6.45, 7) is 2.10. The van der Waals surface area contributed by atoms with E-state index < -0.39 is 15.4 Å². The molecule has 2 heterocycles. The number of sulfonamides is 1. The molecule has 1 aromatic heterocycles. The minimum atomic E-state index is -3.50.